The molecule has 3 aromatic rings. The van der Waals surface area contributed by atoms with Gasteiger partial charge in [-0.25, -0.2) is 4.39 Å². The van der Waals surface area contributed by atoms with Gasteiger partial charge in [0.25, 0.3) is 0 Å². The van der Waals surface area contributed by atoms with Gasteiger partial charge in [-0.05, 0) is 41.5 Å². The molecule has 1 heterocycles. The van der Waals surface area contributed by atoms with Crippen LogP contribution in [0.3, 0.4) is 0 Å². The van der Waals surface area contributed by atoms with Crippen LogP contribution in [-0.2, 0) is 0 Å². The van der Waals surface area contributed by atoms with Crippen molar-refractivity contribution in [2.75, 3.05) is 0 Å². The molecule has 0 aliphatic carbocycles. The number of carbonyl (C=O) groups is 1. The number of halogens is 2. The molecule has 2 N–H and O–H groups in total. The number of aromatic nitrogens is 1. The van der Waals surface area contributed by atoms with Crippen molar-refractivity contribution in [3.63, 3.8) is 0 Å². The van der Waals surface area contributed by atoms with Gasteiger partial charge in [0.1, 0.15) is 5.82 Å². The van der Waals surface area contributed by atoms with E-state index in [1.54, 1.807) is 48.8 Å². The molecule has 2 aromatic carbocycles. The summed E-state index contributed by atoms with van der Waals surface area (Å²) in [7, 11) is 0. The smallest absolute Gasteiger partial charge is 0.249 e. The van der Waals surface area contributed by atoms with Crippen molar-refractivity contribution in [2.24, 2.45) is 5.73 Å². The summed E-state index contributed by atoms with van der Waals surface area (Å²) in [6, 6.07) is 13.7. The van der Waals surface area contributed by atoms with Crippen LogP contribution in [-0.4, -0.2) is 10.9 Å². The van der Waals surface area contributed by atoms with Crippen LogP contribution in [0.2, 0.25) is 5.02 Å². The maximum Gasteiger partial charge on any atom is 0.249 e. The van der Waals surface area contributed by atoms with Gasteiger partial charge in [-0.1, -0.05) is 36.7 Å². The van der Waals surface area contributed by atoms with Crippen LogP contribution in [0.1, 0.15) is 34.3 Å². The van der Waals surface area contributed by atoms with Gasteiger partial charge in [-0.3, -0.25) is 9.78 Å². The van der Waals surface area contributed by atoms with Gasteiger partial charge in [-0.15, -0.1) is 0 Å². The third-order valence-corrected chi connectivity index (χ3v) is 4.49. The Kier molecular flexibility index (Phi) is 4.81. The van der Waals surface area contributed by atoms with E-state index >= 15 is 4.39 Å². The first kappa shape index (κ1) is 17.1. The number of primary amides is 1. The predicted octanol–water partition coefficient (Wildman–Crippen LogP) is 4.79. The second kappa shape index (κ2) is 7.03. The number of nitrogens with two attached hydrogens (primary N) is 1. The first-order chi connectivity index (χ1) is 12.0. The van der Waals surface area contributed by atoms with Crippen LogP contribution < -0.4 is 5.73 Å². The van der Waals surface area contributed by atoms with Crippen LogP contribution in [0.25, 0.3) is 11.1 Å². The molecule has 1 aromatic heterocycles. The summed E-state index contributed by atoms with van der Waals surface area (Å²) < 4.78 is 15.3. The maximum absolute atomic E-state index is 15.3. The van der Waals surface area contributed by atoms with E-state index in [9.17, 15) is 4.79 Å². The normalized spacial score (nSPS) is 12.0. The van der Waals surface area contributed by atoms with Gasteiger partial charge in [-0.2, -0.15) is 0 Å². The van der Waals surface area contributed by atoms with E-state index in [2.05, 4.69) is 4.98 Å². The minimum Gasteiger partial charge on any atom is -0.366 e. The fourth-order valence-corrected chi connectivity index (χ4v) is 3.03. The minimum absolute atomic E-state index is 0.178. The second-order valence-electron chi connectivity index (χ2n) is 5.76. The maximum atomic E-state index is 15.3. The Balaban J connectivity index is 2.18. The molecule has 0 aliphatic heterocycles. The highest BCUT2D eigenvalue weighted by Gasteiger charge is 2.23. The molecule has 0 fully saturated rings. The molecule has 0 aliphatic rings. The van der Waals surface area contributed by atoms with E-state index in [4.69, 9.17) is 17.3 Å². The molecule has 0 spiro atoms. The fraction of sp³-hybridized carbons (Fsp3) is 0.100. The monoisotopic (exact) mass is 354 g/mol. The van der Waals surface area contributed by atoms with Crippen LogP contribution in [0.15, 0.2) is 60.9 Å². The number of pyridine rings is 1. The molecule has 1 amide bonds. The van der Waals surface area contributed by atoms with Gasteiger partial charge < -0.3 is 5.73 Å². The van der Waals surface area contributed by atoms with Gasteiger partial charge in [0, 0.05) is 40.0 Å². The standard InChI is InChI=1S/C20H16ClFN2O/c1-12(13-2-4-15(21)5-3-13)18-17(20(23)25)7-6-16(19(18)22)14-8-10-24-11-9-14/h2-12H,1H3,(H2,23,25)/t12-/m1/s1. The molecule has 25 heavy (non-hydrogen) atoms. The number of rotatable bonds is 4. The first-order valence-electron chi connectivity index (χ1n) is 7.77. The van der Waals surface area contributed by atoms with Crippen molar-refractivity contribution in [2.45, 2.75) is 12.8 Å². The van der Waals surface area contributed by atoms with Crippen molar-refractivity contribution < 1.29 is 9.18 Å². The third-order valence-electron chi connectivity index (χ3n) is 4.24. The SMILES string of the molecule is C[C@H](c1ccc(Cl)cc1)c1c(C(N)=O)ccc(-c2ccncc2)c1F. The lowest BCUT2D eigenvalue weighted by molar-refractivity contribution is 0.0998. The van der Waals surface area contributed by atoms with Crippen molar-refractivity contribution in [1.29, 1.82) is 0 Å². The Labute approximate surface area is 150 Å². The number of benzene rings is 2. The number of hydrogen-bond acceptors (Lipinski definition) is 2. The molecule has 126 valence electrons. The minimum atomic E-state index is -0.656. The van der Waals surface area contributed by atoms with Crippen LogP contribution in [0, 0.1) is 5.82 Å². The summed E-state index contributed by atoms with van der Waals surface area (Å²) in [5, 5.41) is 0.595. The van der Waals surface area contributed by atoms with E-state index in [0.717, 1.165) is 5.56 Å². The van der Waals surface area contributed by atoms with Gasteiger partial charge >= 0.3 is 0 Å². The number of carbonyl (C=O) groups excluding carboxylic acids is 1. The van der Waals surface area contributed by atoms with Crippen molar-refractivity contribution in [1.82, 2.24) is 4.98 Å². The summed E-state index contributed by atoms with van der Waals surface area (Å²) >= 11 is 5.93. The summed E-state index contributed by atoms with van der Waals surface area (Å²) in [5.74, 6) is -1.47. The highest BCUT2D eigenvalue weighted by atomic mass is 35.5. The average Bonchev–Trinajstić information content (AvgIpc) is 2.62. The Morgan fingerprint density at radius 1 is 1.08 bits per heavy atom. The van der Waals surface area contributed by atoms with Crippen LogP contribution in [0.4, 0.5) is 4.39 Å². The van der Waals surface area contributed by atoms with Gasteiger partial charge in [0.05, 0.1) is 0 Å². The lowest BCUT2D eigenvalue weighted by atomic mass is 9.86. The lowest BCUT2D eigenvalue weighted by Gasteiger charge is -2.19. The summed E-state index contributed by atoms with van der Waals surface area (Å²) in [6.07, 6.45) is 3.19. The van der Waals surface area contributed by atoms with Crippen LogP contribution >= 0.6 is 11.6 Å². The molecule has 0 saturated carbocycles. The molecule has 5 heteroatoms. The Morgan fingerprint density at radius 3 is 2.32 bits per heavy atom. The summed E-state index contributed by atoms with van der Waals surface area (Å²) in [4.78, 5) is 15.8. The molecule has 1 atom stereocenters. The topological polar surface area (TPSA) is 56.0 Å². The van der Waals surface area contributed by atoms with E-state index in [0.29, 0.717) is 16.1 Å². The van der Waals surface area contributed by atoms with Crippen molar-refractivity contribution in [3.8, 4) is 11.1 Å². The number of amides is 1. The van der Waals surface area contributed by atoms with Gasteiger partial charge in [0.15, 0.2) is 0 Å². The van der Waals surface area contributed by atoms with E-state index in [-0.39, 0.29) is 17.0 Å². The fourth-order valence-electron chi connectivity index (χ4n) is 2.90. The van der Waals surface area contributed by atoms with E-state index < -0.39 is 11.7 Å². The highest BCUT2D eigenvalue weighted by Crippen LogP contribution is 2.34. The molecule has 3 rings (SSSR count). The Morgan fingerprint density at radius 2 is 1.72 bits per heavy atom. The number of hydrogen-bond donors (Lipinski definition) is 1. The van der Waals surface area contributed by atoms with Crippen molar-refractivity contribution in [3.05, 3.63) is 88.5 Å². The van der Waals surface area contributed by atoms with E-state index in [1.807, 2.05) is 19.1 Å². The molecular weight excluding hydrogens is 339 g/mol. The zero-order valence-corrected chi connectivity index (χ0v) is 14.3. The quantitative estimate of drug-likeness (QED) is 0.732. The zero-order valence-electron chi connectivity index (χ0n) is 13.5. The summed E-state index contributed by atoms with van der Waals surface area (Å²) in [6.45, 7) is 1.84. The summed E-state index contributed by atoms with van der Waals surface area (Å²) in [5.41, 5.74) is 7.87. The van der Waals surface area contributed by atoms with Crippen molar-refractivity contribution >= 4 is 17.5 Å². The first-order valence-corrected chi connectivity index (χ1v) is 8.15. The zero-order chi connectivity index (χ0) is 18.0. The van der Waals surface area contributed by atoms with Crippen LogP contribution in [0.5, 0.6) is 0 Å². The molecular formula is C20H16ClFN2O. The Hall–Kier alpha value is -2.72. The second-order valence-corrected chi connectivity index (χ2v) is 6.20. The highest BCUT2D eigenvalue weighted by molar-refractivity contribution is 6.30. The predicted molar refractivity (Wildman–Crippen MR) is 97.1 cm³/mol. The van der Waals surface area contributed by atoms with E-state index in [1.165, 1.54) is 0 Å². The lowest BCUT2D eigenvalue weighted by Crippen LogP contribution is -2.17. The molecule has 0 saturated heterocycles. The molecule has 3 nitrogen and oxygen atoms in total. The third kappa shape index (κ3) is 3.39. The molecule has 0 radical (unpaired) electrons. The molecule has 0 bridgehead atoms. The largest absolute Gasteiger partial charge is 0.366 e. The molecule has 0 unspecified atom stereocenters. The Bertz CT molecular complexity index is 911. The number of nitrogens with zero attached hydrogens (tertiary/aromatic N) is 1. The van der Waals surface area contributed by atoms with Gasteiger partial charge in [0.2, 0.25) is 5.91 Å². The average molecular weight is 355 g/mol.